The second-order valence-corrected chi connectivity index (χ2v) is 9.34. The minimum absolute atomic E-state index is 0.156. The Morgan fingerprint density at radius 1 is 1.24 bits per heavy atom. The van der Waals surface area contributed by atoms with Crippen LogP contribution < -0.4 is 10.2 Å². The highest BCUT2D eigenvalue weighted by Crippen LogP contribution is 2.34. The maximum absolute atomic E-state index is 12.7. The molecule has 2 amide bonds. The number of benzene rings is 2. The van der Waals surface area contributed by atoms with E-state index in [1.807, 2.05) is 19.9 Å². The SMILES string of the molecule is [C-]#[N+]c1cc(C(C)C)c2oc(-c3ccc(C(=O)NC[C@@H]4CN(c5ccc(Cl)cn5)C(=O)O4)cc3)nc2c1. The Bertz CT molecular complexity index is 1520. The molecule has 10 heteroatoms. The molecule has 1 aliphatic rings. The molecule has 0 radical (unpaired) electrons. The van der Waals surface area contributed by atoms with Crippen LogP contribution in [0.3, 0.4) is 0 Å². The number of fused-ring (bicyclic) bond motifs is 1. The normalized spacial score (nSPS) is 15.2. The van der Waals surface area contributed by atoms with Crippen LogP contribution in [-0.2, 0) is 4.74 Å². The summed E-state index contributed by atoms with van der Waals surface area (Å²) in [6, 6.07) is 13.7. The first-order chi connectivity index (χ1) is 17.8. The average Bonchev–Trinajstić information content (AvgIpc) is 3.50. The molecule has 1 N–H and O–H groups in total. The second-order valence-electron chi connectivity index (χ2n) is 8.91. The maximum atomic E-state index is 12.7. The van der Waals surface area contributed by atoms with Crippen molar-refractivity contribution in [3.63, 3.8) is 0 Å². The molecule has 37 heavy (non-hydrogen) atoms. The molecule has 2 aromatic carbocycles. The summed E-state index contributed by atoms with van der Waals surface area (Å²) in [5.41, 5.74) is 3.89. The van der Waals surface area contributed by atoms with Crippen molar-refractivity contribution in [1.82, 2.24) is 15.3 Å². The quantitative estimate of drug-likeness (QED) is 0.317. The van der Waals surface area contributed by atoms with Crippen molar-refractivity contribution in [3.05, 3.63) is 82.3 Å². The van der Waals surface area contributed by atoms with E-state index < -0.39 is 12.2 Å². The lowest BCUT2D eigenvalue weighted by Gasteiger charge is -2.12. The summed E-state index contributed by atoms with van der Waals surface area (Å²) in [7, 11) is 0. The number of nitrogens with zero attached hydrogens (tertiary/aromatic N) is 4. The molecule has 0 spiro atoms. The number of carbonyl (C=O) groups excluding carboxylic acids is 2. The number of halogens is 1. The number of rotatable bonds is 6. The molecule has 2 aromatic heterocycles. The third kappa shape index (κ3) is 4.97. The van der Waals surface area contributed by atoms with Gasteiger partial charge in [0.2, 0.25) is 5.89 Å². The van der Waals surface area contributed by atoms with Gasteiger partial charge >= 0.3 is 6.09 Å². The molecule has 9 nitrogen and oxygen atoms in total. The molecule has 5 rings (SSSR count). The minimum Gasteiger partial charge on any atom is -0.442 e. The molecule has 4 aromatic rings. The Labute approximate surface area is 217 Å². The summed E-state index contributed by atoms with van der Waals surface area (Å²) in [5.74, 6) is 0.723. The average molecular weight is 516 g/mol. The zero-order valence-electron chi connectivity index (χ0n) is 20.1. The van der Waals surface area contributed by atoms with Gasteiger partial charge in [-0.25, -0.2) is 19.6 Å². The Morgan fingerprint density at radius 3 is 2.70 bits per heavy atom. The van der Waals surface area contributed by atoms with Crippen molar-refractivity contribution in [3.8, 4) is 11.5 Å². The van der Waals surface area contributed by atoms with Crippen LogP contribution in [0.2, 0.25) is 5.02 Å². The number of hydrogen-bond donors (Lipinski definition) is 1. The van der Waals surface area contributed by atoms with Crippen LogP contribution in [0.1, 0.15) is 35.7 Å². The summed E-state index contributed by atoms with van der Waals surface area (Å²) >= 11 is 5.85. The van der Waals surface area contributed by atoms with Gasteiger partial charge in [-0.2, -0.15) is 0 Å². The number of aromatic nitrogens is 2. The van der Waals surface area contributed by atoms with Gasteiger partial charge in [0.15, 0.2) is 11.3 Å². The fraction of sp³-hybridized carbons (Fsp3) is 0.222. The number of nitrogens with one attached hydrogen (secondary N) is 1. The number of anilines is 1. The van der Waals surface area contributed by atoms with Crippen molar-refractivity contribution < 1.29 is 18.7 Å². The first-order valence-electron chi connectivity index (χ1n) is 11.6. The van der Waals surface area contributed by atoms with Gasteiger partial charge in [-0.05, 0) is 60.0 Å². The second kappa shape index (κ2) is 9.91. The Morgan fingerprint density at radius 2 is 2.03 bits per heavy atom. The first kappa shape index (κ1) is 24.3. The number of cyclic esters (lactones) is 1. The molecule has 0 unspecified atom stereocenters. The van der Waals surface area contributed by atoms with Crippen molar-refractivity contribution in [2.75, 3.05) is 18.0 Å². The Kier molecular flexibility index (Phi) is 6.51. The van der Waals surface area contributed by atoms with Crippen LogP contribution in [0.15, 0.2) is 59.1 Å². The van der Waals surface area contributed by atoms with E-state index in [9.17, 15) is 9.59 Å². The predicted octanol–water partition coefficient (Wildman–Crippen LogP) is 5.97. The number of amides is 2. The number of pyridine rings is 1. The third-order valence-corrected chi connectivity index (χ3v) is 6.22. The number of hydrogen-bond acceptors (Lipinski definition) is 6. The zero-order chi connectivity index (χ0) is 26.1. The van der Waals surface area contributed by atoms with Crippen molar-refractivity contribution in [2.45, 2.75) is 25.9 Å². The molecule has 0 aliphatic carbocycles. The smallest absolute Gasteiger partial charge is 0.416 e. The van der Waals surface area contributed by atoms with Crippen molar-refractivity contribution >= 4 is 46.2 Å². The van der Waals surface area contributed by atoms with E-state index in [1.165, 1.54) is 11.1 Å². The standard InChI is InChI=1S/C27H22ClN5O4/c1-15(2)21-10-19(29-3)11-22-24(21)37-26(32-22)17-6-4-16(5-7-17)25(34)31-13-20-14-33(27(35)36-20)23-9-8-18(28)12-30-23/h4-12,15,20H,13-14H2,1-2H3,(H,31,34)/t20-/m1/s1. The lowest BCUT2D eigenvalue weighted by atomic mass is 10.0. The van der Waals surface area contributed by atoms with Crippen LogP contribution >= 0.6 is 11.6 Å². The number of carbonyl (C=O) groups is 2. The van der Waals surface area contributed by atoms with Crippen LogP contribution in [0.4, 0.5) is 16.3 Å². The molecule has 0 saturated carbocycles. The molecule has 1 saturated heterocycles. The molecule has 0 bridgehead atoms. The minimum atomic E-state index is -0.527. The number of oxazole rings is 1. The van der Waals surface area contributed by atoms with Gasteiger partial charge in [0.1, 0.15) is 11.9 Å². The van der Waals surface area contributed by atoms with Crippen LogP contribution in [0.25, 0.3) is 27.4 Å². The third-order valence-electron chi connectivity index (χ3n) is 6.00. The van der Waals surface area contributed by atoms with E-state index in [1.54, 1.807) is 42.5 Å². The number of ether oxygens (including phenoxy) is 1. The van der Waals surface area contributed by atoms with E-state index in [0.717, 1.165) is 5.56 Å². The summed E-state index contributed by atoms with van der Waals surface area (Å²) in [5, 5.41) is 3.27. The lowest BCUT2D eigenvalue weighted by Crippen LogP contribution is -2.34. The van der Waals surface area contributed by atoms with E-state index in [4.69, 9.17) is 27.3 Å². The molecule has 3 heterocycles. The molecule has 1 aliphatic heterocycles. The first-order valence-corrected chi connectivity index (χ1v) is 12.0. The monoisotopic (exact) mass is 515 g/mol. The van der Waals surface area contributed by atoms with E-state index in [2.05, 4.69) is 20.1 Å². The Balaban J connectivity index is 1.25. The summed E-state index contributed by atoms with van der Waals surface area (Å²) in [6.07, 6.45) is 0.418. The van der Waals surface area contributed by atoms with Gasteiger partial charge in [0.25, 0.3) is 5.91 Å². The summed E-state index contributed by atoms with van der Waals surface area (Å²) in [6.45, 7) is 11.8. The zero-order valence-corrected chi connectivity index (χ0v) is 20.8. The molecule has 1 atom stereocenters. The van der Waals surface area contributed by atoms with E-state index >= 15 is 0 Å². The van der Waals surface area contributed by atoms with Crippen LogP contribution in [0.5, 0.6) is 0 Å². The summed E-state index contributed by atoms with van der Waals surface area (Å²) < 4.78 is 11.4. The molecule has 1 fully saturated rings. The van der Waals surface area contributed by atoms with Gasteiger partial charge in [0.05, 0.1) is 30.2 Å². The highest BCUT2D eigenvalue weighted by molar-refractivity contribution is 6.30. The van der Waals surface area contributed by atoms with Gasteiger partial charge in [-0.3, -0.25) is 9.69 Å². The fourth-order valence-corrected chi connectivity index (χ4v) is 4.19. The lowest BCUT2D eigenvalue weighted by molar-refractivity contribution is 0.0916. The molecular formula is C27H22ClN5O4. The molecular weight excluding hydrogens is 494 g/mol. The highest BCUT2D eigenvalue weighted by Gasteiger charge is 2.33. The van der Waals surface area contributed by atoms with Gasteiger partial charge in [-0.1, -0.05) is 25.4 Å². The summed E-state index contributed by atoms with van der Waals surface area (Å²) in [4.78, 5) is 38.5. The van der Waals surface area contributed by atoms with E-state index in [-0.39, 0.29) is 24.9 Å². The van der Waals surface area contributed by atoms with Crippen LogP contribution in [0, 0.1) is 6.57 Å². The largest absolute Gasteiger partial charge is 0.442 e. The van der Waals surface area contributed by atoms with Gasteiger partial charge in [0, 0.05) is 17.3 Å². The Hall–Kier alpha value is -4.42. The van der Waals surface area contributed by atoms with Crippen molar-refractivity contribution in [1.29, 1.82) is 0 Å². The predicted molar refractivity (Wildman–Crippen MR) is 139 cm³/mol. The van der Waals surface area contributed by atoms with Gasteiger partial charge < -0.3 is 14.5 Å². The highest BCUT2D eigenvalue weighted by atomic mass is 35.5. The van der Waals surface area contributed by atoms with E-state index in [0.29, 0.717) is 44.6 Å². The fourth-order valence-electron chi connectivity index (χ4n) is 4.08. The van der Waals surface area contributed by atoms with Crippen molar-refractivity contribution in [2.24, 2.45) is 0 Å². The van der Waals surface area contributed by atoms with Crippen LogP contribution in [-0.4, -0.2) is 41.2 Å². The topological polar surface area (TPSA) is 102 Å². The molecule has 186 valence electrons. The maximum Gasteiger partial charge on any atom is 0.416 e. The van der Waals surface area contributed by atoms with Gasteiger partial charge in [-0.15, -0.1) is 0 Å².